The van der Waals surface area contributed by atoms with E-state index in [0.717, 1.165) is 40.2 Å². The molecule has 4 heteroatoms. The quantitative estimate of drug-likeness (QED) is 0.539. The minimum atomic E-state index is 0.505. The Balaban J connectivity index is 2.12. The standard InChI is InChI=1S/C19H22BrNO2/c1-4-8-21-12-16-10-17(20)19(18(11-16)22-3)23-13-15-7-5-6-14(2)9-15/h4-7,9-11,21H,1,8,12-13H2,2-3H3. The van der Waals surface area contributed by atoms with Gasteiger partial charge < -0.3 is 14.8 Å². The first-order chi connectivity index (χ1) is 11.1. The molecule has 3 nitrogen and oxygen atoms in total. The highest BCUT2D eigenvalue weighted by Gasteiger charge is 2.12. The van der Waals surface area contributed by atoms with Crippen LogP contribution in [0.1, 0.15) is 16.7 Å². The summed E-state index contributed by atoms with van der Waals surface area (Å²) in [6.45, 7) is 7.80. The van der Waals surface area contributed by atoms with Crippen LogP contribution in [0.3, 0.4) is 0 Å². The van der Waals surface area contributed by atoms with E-state index in [2.05, 4.69) is 52.9 Å². The van der Waals surface area contributed by atoms with Crippen molar-refractivity contribution in [1.29, 1.82) is 0 Å². The molecule has 0 aliphatic carbocycles. The molecule has 0 aliphatic rings. The van der Waals surface area contributed by atoms with Gasteiger partial charge in [0.1, 0.15) is 6.61 Å². The fourth-order valence-electron chi connectivity index (χ4n) is 2.29. The first-order valence-electron chi connectivity index (χ1n) is 7.50. The lowest BCUT2D eigenvalue weighted by Gasteiger charge is -2.15. The van der Waals surface area contributed by atoms with E-state index in [-0.39, 0.29) is 0 Å². The van der Waals surface area contributed by atoms with Crippen molar-refractivity contribution in [3.8, 4) is 11.5 Å². The first kappa shape index (κ1) is 17.6. The monoisotopic (exact) mass is 375 g/mol. The van der Waals surface area contributed by atoms with Crippen LogP contribution in [0.5, 0.6) is 11.5 Å². The van der Waals surface area contributed by atoms with Crippen LogP contribution in [0.4, 0.5) is 0 Å². The van der Waals surface area contributed by atoms with E-state index in [4.69, 9.17) is 9.47 Å². The Labute approximate surface area is 146 Å². The minimum absolute atomic E-state index is 0.505. The average molecular weight is 376 g/mol. The van der Waals surface area contributed by atoms with Gasteiger partial charge in [0.05, 0.1) is 11.6 Å². The maximum atomic E-state index is 5.97. The van der Waals surface area contributed by atoms with E-state index >= 15 is 0 Å². The summed E-state index contributed by atoms with van der Waals surface area (Å²) in [5.74, 6) is 1.45. The molecule has 0 heterocycles. The number of methoxy groups -OCH3 is 1. The van der Waals surface area contributed by atoms with Crippen LogP contribution in [0, 0.1) is 6.92 Å². The molecule has 0 fully saturated rings. The van der Waals surface area contributed by atoms with Crippen LogP contribution in [0.25, 0.3) is 0 Å². The van der Waals surface area contributed by atoms with Gasteiger partial charge in [0.2, 0.25) is 0 Å². The summed E-state index contributed by atoms with van der Waals surface area (Å²) in [5, 5.41) is 3.28. The summed E-state index contributed by atoms with van der Waals surface area (Å²) in [5.41, 5.74) is 3.48. The molecule has 1 N–H and O–H groups in total. The zero-order valence-corrected chi connectivity index (χ0v) is 15.2. The van der Waals surface area contributed by atoms with Crippen LogP contribution in [-0.4, -0.2) is 13.7 Å². The number of hydrogen-bond donors (Lipinski definition) is 1. The third kappa shape index (κ3) is 5.12. The third-order valence-corrected chi connectivity index (χ3v) is 3.96. The molecule has 0 spiro atoms. The molecule has 0 bridgehead atoms. The second kappa shape index (κ2) is 8.75. The van der Waals surface area contributed by atoms with Gasteiger partial charge in [0, 0.05) is 13.1 Å². The molecule has 0 radical (unpaired) electrons. The summed E-state index contributed by atoms with van der Waals surface area (Å²) in [6.07, 6.45) is 1.84. The van der Waals surface area contributed by atoms with Crippen LogP contribution in [0.15, 0.2) is 53.5 Å². The van der Waals surface area contributed by atoms with Crippen molar-refractivity contribution in [2.75, 3.05) is 13.7 Å². The van der Waals surface area contributed by atoms with E-state index in [0.29, 0.717) is 6.61 Å². The van der Waals surface area contributed by atoms with Crippen molar-refractivity contribution < 1.29 is 9.47 Å². The third-order valence-electron chi connectivity index (χ3n) is 3.37. The van der Waals surface area contributed by atoms with Crippen molar-refractivity contribution in [1.82, 2.24) is 5.32 Å². The predicted molar refractivity (Wildman–Crippen MR) is 98.1 cm³/mol. The molecule has 122 valence electrons. The van der Waals surface area contributed by atoms with Gasteiger partial charge in [-0.15, -0.1) is 6.58 Å². The van der Waals surface area contributed by atoms with Gasteiger partial charge in [-0.1, -0.05) is 35.9 Å². The second-order valence-corrected chi connectivity index (χ2v) is 6.16. The number of hydrogen-bond acceptors (Lipinski definition) is 3. The zero-order valence-electron chi connectivity index (χ0n) is 13.6. The Morgan fingerprint density at radius 3 is 2.74 bits per heavy atom. The minimum Gasteiger partial charge on any atom is -0.493 e. The lowest BCUT2D eigenvalue weighted by atomic mass is 10.1. The highest BCUT2D eigenvalue weighted by molar-refractivity contribution is 9.10. The maximum Gasteiger partial charge on any atom is 0.175 e. The van der Waals surface area contributed by atoms with Gasteiger partial charge >= 0.3 is 0 Å². The fourth-order valence-corrected chi connectivity index (χ4v) is 2.90. The molecular weight excluding hydrogens is 354 g/mol. The van der Waals surface area contributed by atoms with E-state index in [1.54, 1.807) is 7.11 Å². The van der Waals surface area contributed by atoms with E-state index in [1.165, 1.54) is 5.56 Å². The smallest absolute Gasteiger partial charge is 0.175 e. The molecular formula is C19H22BrNO2. The fraction of sp³-hybridized carbons (Fsp3) is 0.263. The van der Waals surface area contributed by atoms with Crippen LogP contribution >= 0.6 is 15.9 Å². The van der Waals surface area contributed by atoms with Crippen LogP contribution < -0.4 is 14.8 Å². The van der Waals surface area contributed by atoms with Gasteiger partial charge in [0.15, 0.2) is 11.5 Å². The number of ether oxygens (including phenoxy) is 2. The van der Waals surface area contributed by atoms with Crippen molar-refractivity contribution in [2.45, 2.75) is 20.1 Å². The van der Waals surface area contributed by atoms with Gasteiger partial charge in [-0.25, -0.2) is 0 Å². The lowest BCUT2D eigenvalue weighted by molar-refractivity contribution is 0.282. The molecule has 0 saturated heterocycles. The van der Waals surface area contributed by atoms with Crippen molar-refractivity contribution in [3.05, 3.63) is 70.2 Å². The van der Waals surface area contributed by atoms with Crippen molar-refractivity contribution >= 4 is 15.9 Å². The SMILES string of the molecule is C=CCNCc1cc(Br)c(OCc2cccc(C)c2)c(OC)c1. The number of nitrogens with one attached hydrogen (secondary N) is 1. The van der Waals surface area contributed by atoms with Gasteiger partial charge in [-0.2, -0.15) is 0 Å². The Hall–Kier alpha value is -1.78. The van der Waals surface area contributed by atoms with Gasteiger partial charge in [-0.05, 0) is 46.1 Å². The van der Waals surface area contributed by atoms with Crippen molar-refractivity contribution in [3.63, 3.8) is 0 Å². The maximum absolute atomic E-state index is 5.97. The van der Waals surface area contributed by atoms with Gasteiger partial charge in [0.25, 0.3) is 0 Å². The molecule has 0 amide bonds. The highest BCUT2D eigenvalue weighted by Crippen LogP contribution is 2.37. The summed E-state index contributed by atoms with van der Waals surface area (Å²) < 4.78 is 12.3. The predicted octanol–water partition coefficient (Wildman–Crippen LogP) is 4.62. The number of halogens is 1. The van der Waals surface area contributed by atoms with Crippen LogP contribution in [-0.2, 0) is 13.2 Å². The lowest BCUT2D eigenvalue weighted by Crippen LogP contribution is -2.12. The first-order valence-corrected chi connectivity index (χ1v) is 8.29. The zero-order chi connectivity index (χ0) is 16.7. The number of benzene rings is 2. The Bertz CT molecular complexity index is 670. The second-order valence-electron chi connectivity index (χ2n) is 5.31. The molecule has 2 aromatic carbocycles. The molecule has 2 aromatic rings. The molecule has 0 unspecified atom stereocenters. The Morgan fingerprint density at radius 1 is 1.22 bits per heavy atom. The van der Waals surface area contributed by atoms with Gasteiger partial charge in [-0.3, -0.25) is 0 Å². The molecule has 0 saturated carbocycles. The Morgan fingerprint density at radius 2 is 2.04 bits per heavy atom. The molecule has 0 atom stereocenters. The topological polar surface area (TPSA) is 30.5 Å². The molecule has 0 aromatic heterocycles. The number of aryl methyl sites for hydroxylation is 1. The molecule has 2 rings (SSSR count). The van der Waals surface area contributed by atoms with E-state index in [9.17, 15) is 0 Å². The van der Waals surface area contributed by atoms with E-state index < -0.39 is 0 Å². The summed E-state index contributed by atoms with van der Waals surface area (Å²) in [6, 6.07) is 12.3. The molecule has 0 aliphatic heterocycles. The van der Waals surface area contributed by atoms with Crippen LogP contribution in [0.2, 0.25) is 0 Å². The largest absolute Gasteiger partial charge is 0.493 e. The van der Waals surface area contributed by atoms with Crippen molar-refractivity contribution in [2.24, 2.45) is 0 Å². The summed E-state index contributed by atoms with van der Waals surface area (Å²) in [7, 11) is 1.66. The summed E-state index contributed by atoms with van der Waals surface area (Å²) in [4.78, 5) is 0. The van der Waals surface area contributed by atoms with E-state index in [1.807, 2.05) is 24.3 Å². The average Bonchev–Trinajstić information content (AvgIpc) is 2.53. The summed E-state index contributed by atoms with van der Waals surface area (Å²) >= 11 is 3.58. The number of rotatable bonds is 8. The molecule has 23 heavy (non-hydrogen) atoms. The highest BCUT2D eigenvalue weighted by atomic mass is 79.9. The normalized spacial score (nSPS) is 10.4. The Kier molecular flexibility index (Phi) is 6.68.